The molecule has 1 saturated heterocycles. The molecule has 1 fully saturated rings. The van der Waals surface area contributed by atoms with E-state index in [0.29, 0.717) is 43.5 Å². The Balaban J connectivity index is 1.64. The first-order valence-corrected chi connectivity index (χ1v) is 7.70. The Morgan fingerprint density at radius 2 is 2.12 bits per heavy atom. The Bertz CT molecular complexity index is 705. The molecule has 24 heavy (non-hydrogen) atoms. The molecule has 1 aromatic heterocycles. The third-order valence-corrected chi connectivity index (χ3v) is 3.59. The molecule has 3 rings (SSSR count). The highest BCUT2D eigenvalue weighted by Crippen LogP contribution is 2.23. The zero-order valence-electron chi connectivity index (χ0n) is 13.1. The van der Waals surface area contributed by atoms with Crippen LogP contribution in [0.25, 0.3) is 0 Å². The highest BCUT2D eigenvalue weighted by Gasteiger charge is 2.17. The molecule has 0 radical (unpaired) electrons. The number of pyridine rings is 1. The number of hydrogen-bond donors (Lipinski definition) is 1. The van der Waals surface area contributed by atoms with Gasteiger partial charge in [-0.3, -0.25) is 0 Å². The Labute approximate surface area is 139 Å². The third kappa shape index (κ3) is 4.20. The average molecular weight is 331 g/mol. The fourth-order valence-electron chi connectivity index (χ4n) is 2.34. The zero-order chi connectivity index (χ0) is 16.8. The minimum Gasteiger partial charge on any atom is -0.439 e. The van der Waals surface area contributed by atoms with Gasteiger partial charge in [-0.1, -0.05) is 12.1 Å². The van der Waals surface area contributed by atoms with Crippen molar-refractivity contribution >= 4 is 6.03 Å². The van der Waals surface area contributed by atoms with E-state index in [2.05, 4.69) is 10.3 Å². The molecule has 6 nitrogen and oxygen atoms in total. The van der Waals surface area contributed by atoms with Crippen molar-refractivity contribution in [2.24, 2.45) is 0 Å². The van der Waals surface area contributed by atoms with E-state index < -0.39 is 0 Å². The number of rotatable bonds is 4. The molecular formula is C17H18FN3O3. The van der Waals surface area contributed by atoms with E-state index in [4.69, 9.17) is 9.47 Å². The van der Waals surface area contributed by atoms with Crippen molar-refractivity contribution in [2.75, 3.05) is 26.3 Å². The third-order valence-electron chi connectivity index (χ3n) is 3.59. The maximum Gasteiger partial charge on any atom is 0.317 e. The van der Waals surface area contributed by atoms with Crippen LogP contribution in [0.15, 0.2) is 42.6 Å². The summed E-state index contributed by atoms with van der Waals surface area (Å²) in [5.74, 6) is 0.311. The number of nitrogens with one attached hydrogen (secondary N) is 1. The fraction of sp³-hybridized carbons (Fsp3) is 0.294. The first-order chi connectivity index (χ1) is 11.7. The number of carbonyl (C=O) groups excluding carboxylic acids is 1. The van der Waals surface area contributed by atoms with Gasteiger partial charge in [-0.2, -0.15) is 0 Å². The van der Waals surface area contributed by atoms with E-state index in [1.54, 1.807) is 35.4 Å². The Hall–Kier alpha value is -2.67. The maximum absolute atomic E-state index is 13.3. The van der Waals surface area contributed by atoms with Gasteiger partial charge in [0.15, 0.2) is 0 Å². The van der Waals surface area contributed by atoms with Crippen LogP contribution in [0.5, 0.6) is 11.6 Å². The van der Waals surface area contributed by atoms with Crippen molar-refractivity contribution in [3.05, 3.63) is 54.0 Å². The number of aromatic nitrogens is 1. The number of nitrogens with zero attached hydrogens (tertiary/aromatic N) is 2. The molecular weight excluding hydrogens is 313 g/mol. The van der Waals surface area contributed by atoms with Gasteiger partial charge in [0.1, 0.15) is 11.6 Å². The smallest absolute Gasteiger partial charge is 0.317 e. The lowest BCUT2D eigenvalue weighted by molar-refractivity contribution is 0.0531. The summed E-state index contributed by atoms with van der Waals surface area (Å²) < 4.78 is 24.1. The molecule has 1 N–H and O–H groups in total. The van der Waals surface area contributed by atoms with E-state index in [-0.39, 0.29) is 18.4 Å². The van der Waals surface area contributed by atoms with Gasteiger partial charge in [-0.25, -0.2) is 14.2 Å². The molecule has 2 amide bonds. The number of carbonyl (C=O) groups is 1. The summed E-state index contributed by atoms with van der Waals surface area (Å²) in [6, 6.07) is 9.25. The lowest BCUT2D eigenvalue weighted by Crippen LogP contribution is -2.45. The van der Waals surface area contributed by atoms with Gasteiger partial charge in [-0.05, 0) is 18.2 Å². The van der Waals surface area contributed by atoms with Crippen molar-refractivity contribution in [3.63, 3.8) is 0 Å². The molecule has 1 aliphatic heterocycles. The van der Waals surface area contributed by atoms with Crippen LogP contribution in [-0.2, 0) is 11.3 Å². The molecule has 1 aromatic carbocycles. The van der Waals surface area contributed by atoms with E-state index in [1.165, 1.54) is 12.1 Å². The molecule has 0 atom stereocenters. The van der Waals surface area contributed by atoms with Crippen LogP contribution < -0.4 is 10.1 Å². The lowest BCUT2D eigenvalue weighted by atomic mass is 10.2. The molecule has 7 heteroatoms. The molecule has 2 heterocycles. The predicted octanol–water partition coefficient (Wildman–Crippen LogP) is 2.55. The molecule has 126 valence electrons. The van der Waals surface area contributed by atoms with Crippen molar-refractivity contribution < 1.29 is 18.7 Å². The average Bonchev–Trinajstić information content (AvgIpc) is 2.61. The standard InChI is InChI=1S/C17H18FN3O3/c18-14-4-1-5-15(11-14)24-16-13(3-2-6-19-16)12-20-17(22)21-7-9-23-10-8-21/h1-6,11H,7-10,12H2,(H,20,22). The van der Waals surface area contributed by atoms with Gasteiger partial charge < -0.3 is 19.7 Å². The van der Waals surface area contributed by atoms with Gasteiger partial charge in [-0.15, -0.1) is 0 Å². The maximum atomic E-state index is 13.3. The highest BCUT2D eigenvalue weighted by molar-refractivity contribution is 5.74. The SMILES string of the molecule is O=C(NCc1cccnc1Oc1cccc(F)c1)N1CCOCC1. The van der Waals surface area contributed by atoms with E-state index in [0.717, 1.165) is 0 Å². The Morgan fingerprint density at radius 1 is 1.29 bits per heavy atom. The number of urea groups is 1. The van der Waals surface area contributed by atoms with Crippen LogP contribution >= 0.6 is 0 Å². The van der Waals surface area contributed by atoms with Gasteiger partial charge in [0.2, 0.25) is 5.88 Å². The summed E-state index contributed by atoms with van der Waals surface area (Å²) in [4.78, 5) is 18.0. The minimum atomic E-state index is -0.384. The summed E-state index contributed by atoms with van der Waals surface area (Å²) >= 11 is 0. The number of amides is 2. The molecule has 1 aliphatic rings. The Kier molecular flexibility index (Phi) is 5.22. The number of benzene rings is 1. The van der Waals surface area contributed by atoms with Crippen molar-refractivity contribution in [2.45, 2.75) is 6.54 Å². The lowest BCUT2D eigenvalue weighted by Gasteiger charge is -2.27. The van der Waals surface area contributed by atoms with E-state index in [1.807, 2.05) is 0 Å². The van der Waals surface area contributed by atoms with E-state index >= 15 is 0 Å². The van der Waals surface area contributed by atoms with Gasteiger partial charge in [0, 0.05) is 37.5 Å². The van der Waals surface area contributed by atoms with Crippen LogP contribution in [0.1, 0.15) is 5.56 Å². The number of hydrogen-bond acceptors (Lipinski definition) is 4. The second kappa shape index (κ2) is 7.74. The number of halogens is 1. The van der Waals surface area contributed by atoms with Crippen LogP contribution in [0.2, 0.25) is 0 Å². The summed E-state index contributed by atoms with van der Waals surface area (Å²) in [5, 5.41) is 2.84. The molecule has 0 bridgehead atoms. The summed E-state index contributed by atoms with van der Waals surface area (Å²) in [5.41, 5.74) is 0.711. The molecule has 2 aromatic rings. The number of morpholine rings is 1. The topological polar surface area (TPSA) is 63.7 Å². The summed E-state index contributed by atoms with van der Waals surface area (Å²) in [6.07, 6.45) is 1.59. The van der Waals surface area contributed by atoms with Crippen molar-refractivity contribution in [1.82, 2.24) is 15.2 Å². The number of ether oxygens (including phenoxy) is 2. The first kappa shape index (κ1) is 16.2. The van der Waals surface area contributed by atoms with Gasteiger partial charge >= 0.3 is 6.03 Å². The monoisotopic (exact) mass is 331 g/mol. The van der Waals surface area contributed by atoms with Crippen LogP contribution in [0.4, 0.5) is 9.18 Å². The second-order valence-electron chi connectivity index (χ2n) is 5.29. The zero-order valence-corrected chi connectivity index (χ0v) is 13.1. The van der Waals surface area contributed by atoms with Crippen molar-refractivity contribution in [3.8, 4) is 11.6 Å². The quantitative estimate of drug-likeness (QED) is 0.935. The van der Waals surface area contributed by atoms with E-state index in [9.17, 15) is 9.18 Å². The normalized spacial score (nSPS) is 14.3. The molecule has 0 spiro atoms. The second-order valence-corrected chi connectivity index (χ2v) is 5.29. The Morgan fingerprint density at radius 3 is 2.92 bits per heavy atom. The predicted molar refractivity (Wildman–Crippen MR) is 85.3 cm³/mol. The molecule has 0 aliphatic carbocycles. The first-order valence-electron chi connectivity index (χ1n) is 7.70. The van der Waals surface area contributed by atoms with Gasteiger partial charge in [0.25, 0.3) is 0 Å². The largest absolute Gasteiger partial charge is 0.439 e. The molecule has 0 unspecified atom stereocenters. The van der Waals surface area contributed by atoms with Gasteiger partial charge in [0.05, 0.1) is 13.2 Å². The summed E-state index contributed by atoms with van der Waals surface area (Å²) in [6.45, 7) is 2.52. The van der Waals surface area contributed by atoms with Crippen LogP contribution in [0, 0.1) is 5.82 Å². The highest BCUT2D eigenvalue weighted by atomic mass is 19.1. The van der Waals surface area contributed by atoms with Crippen molar-refractivity contribution in [1.29, 1.82) is 0 Å². The fourth-order valence-corrected chi connectivity index (χ4v) is 2.34. The van der Waals surface area contributed by atoms with Crippen LogP contribution in [-0.4, -0.2) is 42.2 Å². The summed E-state index contributed by atoms with van der Waals surface area (Å²) in [7, 11) is 0. The van der Waals surface area contributed by atoms with Crippen LogP contribution in [0.3, 0.4) is 0 Å². The minimum absolute atomic E-state index is 0.154. The molecule has 0 saturated carbocycles.